The number of ether oxygens (including phenoxy) is 1. The maximum Gasteiger partial charge on any atom is 0.253 e. The van der Waals surface area contributed by atoms with Crippen LogP contribution in [0.4, 0.5) is 0 Å². The summed E-state index contributed by atoms with van der Waals surface area (Å²) in [6.07, 6.45) is 1.54. The third kappa shape index (κ3) is 4.31. The van der Waals surface area contributed by atoms with E-state index < -0.39 is 5.91 Å². The molecular formula is C19H19ClN2O3. The summed E-state index contributed by atoms with van der Waals surface area (Å²) in [5.41, 5.74) is 6.09. The number of carbonyl (C=O) groups is 2. The highest BCUT2D eigenvalue weighted by atomic mass is 35.5. The Morgan fingerprint density at radius 1 is 1.04 bits per heavy atom. The maximum atomic E-state index is 12.6. The molecule has 1 aliphatic heterocycles. The van der Waals surface area contributed by atoms with Crippen LogP contribution in [-0.2, 0) is 0 Å². The normalized spacial score (nSPS) is 15.0. The molecule has 1 heterocycles. The fraction of sp³-hybridized carbons (Fsp3) is 0.263. The van der Waals surface area contributed by atoms with E-state index in [9.17, 15) is 9.59 Å². The Bertz CT molecular complexity index is 786. The molecule has 25 heavy (non-hydrogen) atoms. The molecule has 0 atom stereocenters. The molecule has 0 radical (unpaired) electrons. The zero-order valence-corrected chi connectivity index (χ0v) is 14.4. The standard InChI is InChI=1S/C19H19ClN2O3/c20-15-5-2-6-17(12-15)25-16-7-9-22(10-8-16)19(24)14-4-1-3-13(11-14)18(21)23/h1-6,11-12,16H,7-10H2,(H2,21,23). The Morgan fingerprint density at radius 2 is 1.72 bits per heavy atom. The molecule has 2 N–H and O–H groups in total. The van der Waals surface area contributed by atoms with Crippen LogP contribution in [0.2, 0.25) is 5.02 Å². The summed E-state index contributed by atoms with van der Waals surface area (Å²) in [5.74, 6) is 0.110. The average Bonchev–Trinajstić information content (AvgIpc) is 2.62. The Morgan fingerprint density at radius 3 is 2.40 bits per heavy atom. The lowest BCUT2D eigenvalue weighted by Crippen LogP contribution is -2.41. The second-order valence-corrected chi connectivity index (χ2v) is 6.45. The van der Waals surface area contributed by atoms with E-state index in [4.69, 9.17) is 22.1 Å². The smallest absolute Gasteiger partial charge is 0.253 e. The van der Waals surface area contributed by atoms with Gasteiger partial charge in [-0.15, -0.1) is 0 Å². The van der Waals surface area contributed by atoms with Gasteiger partial charge in [0.1, 0.15) is 11.9 Å². The summed E-state index contributed by atoms with van der Waals surface area (Å²) >= 11 is 5.96. The number of likely N-dealkylation sites (tertiary alicyclic amines) is 1. The zero-order valence-electron chi connectivity index (χ0n) is 13.7. The van der Waals surface area contributed by atoms with Crippen LogP contribution in [0.25, 0.3) is 0 Å². The number of nitrogens with two attached hydrogens (primary N) is 1. The van der Waals surface area contributed by atoms with Crippen molar-refractivity contribution in [2.75, 3.05) is 13.1 Å². The van der Waals surface area contributed by atoms with Gasteiger partial charge in [0, 0.05) is 42.1 Å². The molecule has 6 heteroatoms. The van der Waals surface area contributed by atoms with Gasteiger partial charge in [0.05, 0.1) is 0 Å². The van der Waals surface area contributed by atoms with Gasteiger partial charge in [-0.3, -0.25) is 9.59 Å². The summed E-state index contributed by atoms with van der Waals surface area (Å²) in [5, 5.41) is 0.638. The topological polar surface area (TPSA) is 72.6 Å². The fourth-order valence-corrected chi connectivity index (χ4v) is 3.08. The molecule has 1 saturated heterocycles. The lowest BCUT2D eigenvalue weighted by Gasteiger charge is -2.32. The minimum atomic E-state index is -0.539. The number of amides is 2. The van der Waals surface area contributed by atoms with Crippen LogP contribution in [0.1, 0.15) is 33.6 Å². The molecule has 130 valence electrons. The van der Waals surface area contributed by atoms with Crippen molar-refractivity contribution >= 4 is 23.4 Å². The first kappa shape index (κ1) is 17.3. The van der Waals surface area contributed by atoms with Crippen LogP contribution in [0.5, 0.6) is 5.75 Å². The summed E-state index contributed by atoms with van der Waals surface area (Å²) in [6, 6.07) is 13.8. The van der Waals surface area contributed by atoms with Crippen LogP contribution in [0.3, 0.4) is 0 Å². The van der Waals surface area contributed by atoms with Gasteiger partial charge < -0.3 is 15.4 Å². The first-order valence-corrected chi connectivity index (χ1v) is 8.52. The maximum absolute atomic E-state index is 12.6. The number of primary amides is 1. The van der Waals surface area contributed by atoms with E-state index in [0.29, 0.717) is 29.2 Å². The first-order valence-electron chi connectivity index (χ1n) is 8.14. The zero-order chi connectivity index (χ0) is 17.8. The summed E-state index contributed by atoms with van der Waals surface area (Å²) in [4.78, 5) is 25.6. The predicted octanol–water partition coefficient (Wildman–Crippen LogP) is 3.12. The third-order valence-electron chi connectivity index (χ3n) is 4.22. The van der Waals surface area contributed by atoms with Crippen molar-refractivity contribution in [2.45, 2.75) is 18.9 Å². The quantitative estimate of drug-likeness (QED) is 0.912. The van der Waals surface area contributed by atoms with Crippen molar-refractivity contribution in [1.29, 1.82) is 0 Å². The van der Waals surface area contributed by atoms with Crippen molar-refractivity contribution in [1.82, 2.24) is 4.90 Å². The third-order valence-corrected chi connectivity index (χ3v) is 4.46. The van der Waals surface area contributed by atoms with E-state index in [1.807, 2.05) is 12.1 Å². The summed E-state index contributed by atoms with van der Waals surface area (Å²) in [6.45, 7) is 1.20. The molecule has 0 unspecified atom stereocenters. The van der Waals surface area contributed by atoms with Crippen LogP contribution in [-0.4, -0.2) is 35.9 Å². The van der Waals surface area contributed by atoms with Gasteiger partial charge >= 0.3 is 0 Å². The van der Waals surface area contributed by atoms with Crippen LogP contribution in [0.15, 0.2) is 48.5 Å². The van der Waals surface area contributed by atoms with E-state index in [2.05, 4.69) is 0 Å². The van der Waals surface area contributed by atoms with Crippen molar-refractivity contribution in [3.8, 4) is 5.75 Å². The molecule has 0 aliphatic carbocycles. The molecule has 1 fully saturated rings. The fourth-order valence-electron chi connectivity index (χ4n) is 2.90. The number of piperidine rings is 1. The monoisotopic (exact) mass is 358 g/mol. The lowest BCUT2D eigenvalue weighted by atomic mass is 10.0. The Balaban J connectivity index is 1.59. The lowest BCUT2D eigenvalue weighted by molar-refractivity contribution is 0.0595. The Labute approximate surface area is 151 Å². The summed E-state index contributed by atoms with van der Waals surface area (Å²) < 4.78 is 5.94. The van der Waals surface area contributed by atoms with Crippen LogP contribution >= 0.6 is 11.6 Å². The molecule has 0 spiro atoms. The van der Waals surface area contributed by atoms with E-state index in [0.717, 1.165) is 18.6 Å². The van der Waals surface area contributed by atoms with Gasteiger partial charge in [-0.05, 0) is 36.4 Å². The van der Waals surface area contributed by atoms with E-state index in [1.54, 1.807) is 41.3 Å². The van der Waals surface area contributed by atoms with Crippen LogP contribution < -0.4 is 10.5 Å². The highest BCUT2D eigenvalue weighted by Crippen LogP contribution is 2.23. The number of benzene rings is 2. The van der Waals surface area contributed by atoms with Gasteiger partial charge in [0.25, 0.3) is 5.91 Å². The molecule has 2 amide bonds. The molecule has 3 rings (SSSR count). The molecular weight excluding hydrogens is 340 g/mol. The molecule has 5 nitrogen and oxygen atoms in total. The van der Waals surface area contributed by atoms with Gasteiger partial charge in [0.15, 0.2) is 0 Å². The minimum absolute atomic E-state index is 0.0551. The molecule has 0 aromatic heterocycles. The number of hydrogen-bond acceptors (Lipinski definition) is 3. The van der Waals surface area contributed by atoms with Gasteiger partial charge in [-0.2, -0.15) is 0 Å². The predicted molar refractivity (Wildman–Crippen MR) is 96.0 cm³/mol. The van der Waals surface area contributed by atoms with Gasteiger partial charge in [-0.25, -0.2) is 0 Å². The number of halogens is 1. The van der Waals surface area contributed by atoms with Crippen molar-refractivity contribution in [3.05, 3.63) is 64.7 Å². The highest BCUT2D eigenvalue weighted by Gasteiger charge is 2.25. The average molecular weight is 359 g/mol. The van der Waals surface area contributed by atoms with Crippen LogP contribution in [0, 0.1) is 0 Å². The summed E-state index contributed by atoms with van der Waals surface area (Å²) in [7, 11) is 0. The van der Waals surface area contributed by atoms with Gasteiger partial charge in [0.2, 0.25) is 5.91 Å². The molecule has 1 aliphatic rings. The Hall–Kier alpha value is -2.53. The molecule has 2 aromatic carbocycles. The molecule has 0 bridgehead atoms. The number of carbonyl (C=O) groups excluding carboxylic acids is 2. The number of rotatable bonds is 4. The number of nitrogens with zero attached hydrogens (tertiary/aromatic N) is 1. The number of hydrogen-bond donors (Lipinski definition) is 1. The Kier molecular flexibility index (Phi) is 5.24. The largest absolute Gasteiger partial charge is 0.490 e. The highest BCUT2D eigenvalue weighted by molar-refractivity contribution is 6.30. The van der Waals surface area contributed by atoms with Crippen molar-refractivity contribution in [2.24, 2.45) is 5.73 Å². The van der Waals surface area contributed by atoms with E-state index in [1.165, 1.54) is 0 Å². The van der Waals surface area contributed by atoms with E-state index >= 15 is 0 Å². The van der Waals surface area contributed by atoms with Crippen molar-refractivity contribution in [3.63, 3.8) is 0 Å². The molecule has 0 saturated carbocycles. The first-order chi connectivity index (χ1) is 12.0. The van der Waals surface area contributed by atoms with E-state index in [-0.39, 0.29) is 12.0 Å². The second kappa shape index (κ2) is 7.57. The molecule has 2 aromatic rings. The SMILES string of the molecule is NC(=O)c1cccc(C(=O)N2CCC(Oc3cccc(Cl)c3)CC2)c1. The van der Waals surface area contributed by atoms with Crippen molar-refractivity contribution < 1.29 is 14.3 Å². The minimum Gasteiger partial charge on any atom is -0.490 e. The second-order valence-electron chi connectivity index (χ2n) is 6.01. The van der Waals surface area contributed by atoms with Gasteiger partial charge in [-0.1, -0.05) is 23.7 Å².